The first kappa shape index (κ1) is 22.9. The molecular formula is C21H26F2N6OS. The summed E-state index contributed by atoms with van der Waals surface area (Å²) in [6.07, 6.45) is 2.68. The highest BCUT2D eigenvalue weighted by Gasteiger charge is 2.17. The monoisotopic (exact) mass is 448 g/mol. The number of hydrogen-bond donors (Lipinski definition) is 2. The molecule has 2 aromatic heterocycles. The van der Waals surface area contributed by atoms with Gasteiger partial charge >= 0.3 is 0 Å². The van der Waals surface area contributed by atoms with Gasteiger partial charge in [-0.05, 0) is 24.5 Å². The summed E-state index contributed by atoms with van der Waals surface area (Å²) in [7, 11) is 0. The van der Waals surface area contributed by atoms with E-state index in [2.05, 4.69) is 46.5 Å². The zero-order valence-electron chi connectivity index (χ0n) is 17.8. The van der Waals surface area contributed by atoms with Crippen LogP contribution in [0, 0.1) is 17.6 Å². The fraction of sp³-hybridized carbons (Fsp3) is 0.429. The predicted octanol–water partition coefficient (Wildman–Crippen LogP) is 4.10. The van der Waals surface area contributed by atoms with Crippen LogP contribution in [-0.4, -0.2) is 44.5 Å². The molecule has 7 nitrogen and oxygen atoms in total. The molecule has 2 heterocycles. The summed E-state index contributed by atoms with van der Waals surface area (Å²) in [6.45, 7) is 7.52. The van der Waals surface area contributed by atoms with E-state index in [4.69, 9.17) is 0 Å². The van der Waals surface area contributed by atoms with Crippen molar-refractivity contribution in [3.8, 4) is 0 Å². The van der Waals surface area contributed by atoms with Crippen LogP contribution in [0.25, 0.3) is 11.0 Å². The van der Waals surface area contributed by atoms with Gasteiger partial charge in [0.15, 0.2) is 10.8 Å². The quantitative estimate of drug-likeness (QED) is 0.359. The zero-order chi connectivity index (χ0) is 22.4. The van der Waals surface area contributed by atoms with E-state index in [1.54, 1.807) is 22.6 Å². The van der Waals surface area contributed by atoms with Crippen molar-refractivity contribution in [2.24, 2.45) is 5.92 Å². The van der Waals surface area contributed by atoms with Crippen LogP contribution in [0.4, 0.5) is 14.6 Å². The largest absolute Gasteiger partial charge is 0.369 e. The summed E-state index contributed by atoms with van der Waals surface area (Å²) in [5.41, 5.74) is 0.0553. The summed E-state index contributed by atoms with van der Waals surface area (Å²) < 4.78 is 29.2. The number of nitrogens with one attached hydrogen (secondary N) is 2. The van der Waals surface area contributed by atoms with Gasteiger partial charge in [0.25, 0.3) is 5.91 Å². The van der Waals surface area contributed by atoms with E-state index >= 15 is 0 Å². The zero-order valence-corrected chi connectivity index (χ0v) is 18.6. The maximum atomic E-state index is 13.8. The molecule has 0 bridgehead atoms. The molecule has 1 amide bonds. The number of carbonyl (C=O) groups excluding carboxylic acids is 1. The molecule has 3 rings (SSSR count). The fourth-order valence-corrected chi connectivity index (χ4v) is 3.56. The van der Waals surface area contributed by atoms with Crippen molar-refractivity contribution < 1.29 is 13.6 Å². The highest BCUT2D eigenvalue weighted by atomic mass is 32.2. The average molecular weight is 449 g/mol. The number of amides is 1. The van der Waals surface area contributed by atoms with Gasteiger partial charge in [-0.1, -0.05) is 38.6 Å². The Hall–Kier alpha value is -2.75. The number of carbonyl (C=O) groups is 1. The van der Waals surface area contributed by atoms with Crippen molar-refractivity contribution in [2.75, 3.05) is 24.2 Å². The van der Waals surface area contributed by atoms with Crippen molar-refractivity contribution in [3.05, 3.63) is 41.6 Å². The molecule has 31 heavy (non-hydrogen) atoms. The number of anilines is 1. The topological polar surface area (TPSA) is 84.7 Å². The van der Waals surface area contributed by atoms with E-state index < -0.39 is 23.1 Å². The van der Waals surface area contributed by atoms with Crippen LogP contribution in [0.1, 0.15) is 37.6 Å². The summed E-state index contributed by atoms with van der Waals surface area (Å²) >= 11 is 1.57. The number of thioether (sulfide) groups is 1. The number of hydrogen-bond acceptors (Lipinski definition) is 6. The van der Waals surface area contributed by atoms with Crippen LogP contribution >= 0.6 is 11.8 Å². The molecule has 0 aliphatic carbocycles. The smallest absolute Gasteiger partial charge is 0.257 e. The Balaban J connectivity index is 1.77. The molecule has 0 unspecified atom stereocenters. The number of aromatic nitrogens is 4. The van der Waals surface area contributed by atoms with Crippen molar-refractivity contribution in [1.29, 1.82) is 0 Å². The minimum Gasteiger partial charge on any atom is -0.369 e. The van der Waals surface area contributed by atoms with Crippen molar-refractivity contribution in [1.82, 2.24) is 25.1 Å². The van der Waals surface area contributed by atoms with Gasteiger partial charge in [-0.3, -0.25) is 4.79 Å². The van der Waals surface area contributed by atoms with Crippen LogP contribution < -0.4 is 10.6 Å². The lowest BCUT2D eigenvalue weighted by Gasteiger charge is -2.11. The van der Waals surface area contributed by atoms with E-state index in [1.165, 1.54) is 6.07 Å². The van der Waals surface area contributed by atoms with E-state index in [0.29, 0.717) is 23.3 Å². The van der Waals surface area contributed by atoms with E-state index in [0.717, 1.165) is 42.1 Å². The number of benzene rings is 1. The normalized spacial score (nSPS) is 11.3. The van der Waals surface area contributed by atoms with E-state index in [9.17, 15) is 13.6 Å². The van der Waals surface area contributed by atoms with E-state index in [-0.39, 0.29) is 6.54 Å². The molecule has 0 saturated heterocycles. The van der Waals surface area contributed by atoms with Crippen molar-refractivity contribution >= 4 is 34.5 Å². The van der Waals surface area contributed by atoms with Crippen LogP contribution in [0.2, 0.25) is 0 Å². The first-order chi connectivity index (χ1) is 14.9. The van der Waals surface area contributed by atoms with Crippen molar-refractivity contribution in [2.45, 2.75) is 38.9 Å². The molecule has 0 atom stereocenters. The van der Waals surface area contributed by atoms with Crippen LogP contribution in [0.15, 0.2) is 29.6 Å². The van der Waals surface area contributed by atoms with Gasteiger partial charge in [-0.2, -0.15) is 5.10 Å². The summed E-state index contributed by atoms with van der Waals surface area (Å²) in [5, 5.41) is 11.7. The SMILES string of the molecule is CCCSc1nc(NCC(C)C)c2cnn(CCNC(=O)c3c(F)cccc3F)c2n1. The van der Waals surface area contributed by atoms with E-state index in [1.807, 2.05) is 0 Å². The average Bonchev–Trinajstić information content (AvgIpc) is 3.13. The van der Waals surface area contributed by atoms with Gasteiger partial charge in [0.05, 0.1) is 18.1 Å². The standard InChI is InChI=1S/C21H26F2N6OS/c1-4-10-31-21-27-18(25-11-13(2)3)14-12-26-29(19(14)28-21)9-8-24-20(30)17-15(22)6-5-7-16(17)23/h5-7,12-13H,4,8-11H2,1-3H3,(H,24,30)(H,25,27,28). The molecule has 10 heteroatoms. The number of rotatable bonds is 10. The van der Waals surface area contributed by atoms with Gasteiger partial charge in [-0.15, -0.1) is 0 Å². The molecule has 0 aliphatic heterocycles. The second-order valence-electron chi connectivity index (χ2n) is 7.44. The Bertz CT molecular complexity index is 1040. The molecule has 0 aliphatic rings. The molecule has 1 aromatic carbocycles. The first-order valence-corrected chi connectivity index (χ1v) is 11.2. The number of halogens is 2. The lowest BCUT2D eigenvalue weighted by molar-refractivity contribution is 0.0943. The van der Waals surface area contributed by atoms with Crippen LogP contribution in [0.3, 0.4) is 0 Å². The lowest BCUT2D eigenvalue weighted by atomic mass is 10.2. The Morgan fingerprint density at radius 1 is 1.23 bits per heavy atom. The molecular weight excluding hydrogens is 422 g/mol. The molecule has 0 fully saturated rings. The summed E-state index contributed by atoms with van der Waals surface area (Å²) in [6, 6.07) is 3.32. The van der Waals surface area contributed by atoms with Gasteiger partial charge in [-0.25, -0.2) is 23.4 Å². The van der Waals surface area contributed by atoms with Crippen molar-refractivity contribution in [3.63, 3.8) is 0 Å². The second-order valence-corrected chi connectivity index (χ2v) is 8.50. The third-order valence-corrected chi connectivity index (χ3v) is 5.44. The highest BCUT2D eigenvalue weighted by molar-refractivity contribution is 7.99. The molecule has 0 radical (unpaired) electrons. The maximum Gasteiger partial charge on any atom is 0.257 e. The predicted molar refractivity (Wildman–Crippen MR) is 118 cm³/mol. The van der Waals surface area contributed by atoms with Gasteiger partial charge in [0.1, 0.15) is 23.0 Å². The second kappa shape index (κ2) is 10.5. The van der Waals surface area contributed by atoms with Crippen LogP contribution in [0.5, 0.6) is 0 Å². The van der Waals surface area contributed by atoms with Gasteiger partial charge in [0.2, 0.25) is 0 Å². The molecule has 0 spiro atoms. The molecule has 166 valence electrons. The Kier molecular flexibility index (Phi) is 7.78. The molecule has 0 saturated carbocycles. The minimum atomic E-state index is -0.895. The Morgan fingerprint density at radius 2 is 1.97 bits per heavy atom. The fourth-order valence-electron chi connectivity index (χ4n) is 2.87. The number of nitrogens with zero attached hydrogens (tertiary/aromatic N) is 4. The molecule has 2 N–H and O–H groups in total. The summed E-state index contributed by atoms with van der Waals surface area (Å²) in [5.74, 6) is -0.531. The highest BCUT2D eigenvalue weighted by Crippen LogP contribution is 2.25. The number of fused-ring (bicyclic) bond motifs is 1. The first-order valence-electron chi connectivity index (χ1n) is 10.2. The summed E-state index contributed by atoms with van der Waals surface area (Å²) in [4.78, 5) is 21.4. The van der Waals surface area contributed by atoms with Gasteiger partial charge < -0.3 is 10.6 Å². The van der Waals surface area contributed by atoms with Gasteiger partial charge in [0, 0.05) is 18.8 Å². The minimum absolute atomic E-state index is 0.138. The third kappa shape index (κ3) is 5.69. The van der Waals surface area contributed by atoms with Crippen LogP contribution in [-0.2, 0) is 6.54 Å². The third-order valence-electron chi connectivity index (χ3n) is 4.39. The molecule has 3 aromatic rings. The Morgan fingerprint density at radius 3 is 2.65 bits per heavy atom. The Labute approximate surface area is 184 Å². The lowest BCUT2D eigenvalue weighted by Crippen LogP contribution is -2.29. The maximum absolute atomic E-state index is 13.8.